The quantitative estimate of drug-likeness (QED) is 0.474. The molecule has 3 amide bonds. The number of carbonyl (C=O) groups is 3. The summed E-state index contributed by atoms with van der Waals surface area (Å²) < 4.78 is 19.1. The Balaban J connectivity index is 1.42. The van der Waals surface area contributed by atoms with Gasteiger partial charge in [0.15, 0.2) is 11.7 Å². The van der Waals surface area contributed by atoms with Crippen molar-refractivity contribution in [3.63, 3.8) is 0 Å². The van der Waals surface area contributed by atoms with Crippen LogP contribution in [0.15, 0.2) is 47.8 Å². The van der Waals surface area contributed by atoms with Gasteiger partial charge in [-0.15, -0.1) is 11.3 Å². The van der Waals surface area contributed by atoms with E-state index in [1.165, 1.54) is 18.2 Å². The molecule has 0 saturated heterocycles. The molecule has 0 aliphatic rings. The second-order valence-electron chi connectivity index (χ2n) is 6.89. The van der Waals surface area contributed by atoms with Crippen molar-refractivity contribution >= 4 is 34.2 Å². The first-order valence-corrected chi connectivity index (χ1v) is 10.5. The van der Waals surface area contributed by atoms with Gasteiger partial charge in [-0.2, -0.15) is 0 Å². The third kappa shape index (κ3) is 6.35. The van der Waals surface area contributed by atoms with Crippen molar-refractivity contribution in [3.8, 4) is 5.75 Å². The third-order valence-electron chi connectivity index (χ3n) is 4.42. The van der Waals surface area contributed by atoms with Gasteiger partial charge in [0.05, 0.1) is 17.7 Å². The number of hydrogen-bond acceptors (Lipinski definition) is 6. The molecule has 0 saturated carbocycles. The van der Waals surface area contributed by atoms with E-state index in [0.29, 0.717) is 11.4 Å². The normalized spacial score (nSPS) is 10.3. The van der Waals surface area contributed by atoms with E-state index >= 15 is 0 Å². The standard InChI is InChI=1S/C22H21FN4O4S/c1-13-7-8-16(9-14(13)2)31-11-20(29)27-26-19(28)10-15-12-32-22(24-15)25-21(30)17-5-3-4-6-18(17)23/h3-9,12H,10-11H2,1-2H3,(H,26,28)(H,27,29)(H,24,25,30). The molecule has 1 aromatic heterocycles. The van der Waals surface area contributed by atoms with Gasteiger partial charge in [0.25, 0.3) is 11.8 Å². The van der Waals surface area contributed by atoms with Gasteiger partial charge in [0.2, 0.25) is 5.91 Å². The first-order valence-electron chi connectivity index (χ1n) is 9.60. The van der Waals surface area contributed by atoms with Crippen LogP contribution in [-0.2, 0) is 16.0 Å². The lowest BCUT2D eigenvalue weighted by atomic mass is 10.1. The number of aromatic nitrogens is 1. The topological polar surface area (TPSA) is 109 Å². The van der Waals surface area contributed by atoms with Crippen LogP contribution >= 0.6 is 11.3 Å². The Morgan fingerprint density at radius 1 is 1.03 bits per heavy atom. The van der Waals surface area contributed by atoms with E-state index in [1.54, 1.807) is 17.5 Å². The Hall–Kier alpha value is -3.79. The maximum Gasteiger partial charge on any atom is 0.276 e. The summed E-state index contributed by atoms with van der Waals surface area (Å²) >= 11 is 1.10. The van der Waals surface area contributed by atoms with Gasteiger partial charge in [-0.05, 0) is 49.2 Å². The van der Waals surface area contributed by atoms with Crippen LogP contribution in [0.5, 0.6) is 5.75 Å². The maximum atomic E-state index is 13.7. The Morgan fingerprint density at radius 3 is 2.53 bits per heavy atom. The Morgan fingerprint density at radius 2 is 1.78 bits per heavy atom. The van der Waals surface area contributed by atoms with Crippen LogP contribution in [0, 0.1) is 19.7 Å². The lowest BCUT2D eigenvalue weighted by Crippen LogP contribution is -2.44. The molecule has 3 rings (SSSR count). The maximum absolute atomic E-state index is 13.7. The summed E-state index contributed by atoms with van der Waals surface area (Å²) in [6.07, 6.45) is -0.121. The zero-order valence-electron chi connectivity index (χ0n) is 17.4. The van der Waals surface area contributed by atoms with E-state index in [0.717, 1.165) is 22.5 Å². The van der Waals surface area contributed by atoms with E-state index < -0.39 is 23.5 Å². The van der Waals surface area contributed by atoms with Gasteiger partial charge in [-0.3, -0.25) is 30.6 Å². The molecule has 0 atom stereocenters. The Labute approximate surface area is 187 Å². The molecule has 0 radical (unpaired) electrons. The average Bonchev–Trinajstić information content (AvgIpc) is 3.19. The molecule has 3 N–H and O–H groups in total. The summed E-state index contributed by atoms with van der Waals surface area (Å²) in [6, 6.07) is 11.1. The molecule has 10 heteroatoms. The molecular weight excluding hydrogens is 435 g/mol. The van der Waals surface area contributed by atoms with E-state index in [2.05, 4.69) is 21.2 Å². The highest BCUT2D eigenvalue weighted by Crippen LogP contribution is 2.18. The summed E-state index contributed by atoms with van der Waals surface area (Å²) in [6.45, 7) is 3.66. The number of anilines is 1. The number of rotatable bonds is 7. The fourth-order valence-electron chi connectivity index (χ4n) is 2.59. The molecule has 0 unspecified atom stereocenters. The summed E-state index contributed by atoms with van der Waals surface area (Å²) in [5, 5.41) is 4.31. The zero-order chi connectivity index (χ0) is 23.1. The van der Waals surface area contributed by atoms with Crippen LogP contribution < -0.4 is 20.9 Å². The zero-order valence-corrected chi connectivity index (χ0v) is 18.2. The SMILES string of the molecule is Cc1ccc(OCC(=O)NNC(=O)Cc2csc(NC(=O)c3ccccc3F)n2)cc1C. The van der Waals surface area contributed by atoms with Crippen LogP contribution in [0.4, 0.5) is 9.52 Å². The van der Waals surface area contributed by atoms with Crippen LogP contribution in [0.1, 0.15) is 27.2 Å². The summed E-state index contributed by atoms with van der Waals surface area (Å²) in [7, 11) is 0. The molecule has 0 aliphatic heterocycles. The van der Waals surface area contributed by atoms with Crippen molar-refractivity contribution < 1.29 is 23.5 Å². The number of ether oxygens (including phenoxy) is 1. The van der Waals surface area contributed by atoms with Crippen LogP contribution in [-0.4, -0.2) is 29.3 Å². The number of nitrogens with one attached hydrogen (secondary N) is 3. The lowest BCUT2D eigenvalue weighted by molar-refractivity contribution is -0.129. The highest BCUT2D eigenvalue weighted by atomic mass is 32.1. The molecule has 2 aromatic carbocycles. The number of amides is 3. The van der Waals surface area contributed by atoms with E-state index in [-0.39, 0.29) is 23.7 Å². The predicted molar refractivity (Wildman–Crippen MR) is 118 cm³/mol. The molecule has 0 fully saturated rings. The fraction of sp³-hybridized carbons (Fsp3) is 0.182. The third-order valence-corrected chi connectivity index (χ3v) is 5.23. The van der Waals surface area contributed by atoms with Crippen LogP contribution in [0.25, 0.3) is 0 Å². The van der Waals surface area contributed by atoms with Crippen molar-refractivity contribution in [1.82, 2.24) is 15.8 Å². The summed E-state index contributed by atoms with van der Waals surface area (Å²) in [5.41, 5.74) is 6.99. The van der Waals surface area contributed by atoms with Gasteiger partial charge in [-0.25, -0.2) is 9.37 Å². The molecule has 166 valence electrons. The van der Waals surface area contributed by atoms with E-state index in [1.807, 2.05) is 26.0 Å². The molecule has 1 heterocycles. The molecule has 0 aliphatic carbocycles. The monoisotopic (exact) mass is 456 g/mol. The lowest BCUT2D eigenvalue weighted by Gasteiger charge is -2.09. The minimum atomic E-state index is -0.640. The fourth-order valence-corrected chi connectivity index (χ4v) is 3.30. The second kappa shape index (κ2) is 10.5. The number of hydrogen-bond donors (Lipinski definition) is 3. The van der Waals surface area contributed by atoms with Crippen molar-refractivity contribution in [2.75, 3.05) is 11.9 Å². The molecule has 8 nitrogen and oxygen atoms in total. The van der Waals surface area contributed by atoms with Crippen molar-refractivity contribution in [2.24, 2.45) is 0 Å². The largest absolute Gasteiger partial charge is 0.484 e. The first-order chi connectivity index (χ1) is 15.3. The highest BCUT2D eigenvalue weighted by Gasteiger charge is 2.14. The van der Waals surface area contributed by atoms with Gasteiger partial charge in [0, 0.05) is 5.38 Å². The number of benzene rings is 2. The Bertz CT molecular complexity index is 1150. The minimum Gasteiger partial charge on any atom is -0.484 e. The number of carbonyl (C=O) groups excluding carboxylic acids is 3. The minimum absolute atomic E-state index is 0.104. The number of halogens is 1. The van der Waals surface area contributed by atoms with Crippen molar-refractivity contribution in [2.45, 2.75) is 20.3 Å². The average molecular weight is 456 g/mol. The second-order valence-corrected chi connectivity index (χ2v) is 7.74. The number of hydrazine groups is 1. The van der Waals surface area contributed by atoms with Gasteiger partial charge in [-0.1, -0.05) is 18.2 Å². The Kier molecular flexibility index (Phi) is 7.50. The molecule has 0 bridgehead atoms. The molecular formula is C22H21FN4O4S. The highest BCUT2D eigenvalue weighted by molar-refractivity contribution is 7.14. The molecule has 0 spiro atoms. The van der Waals surface area contributed by atoms with Crippen LogP contribution in [0.2, 0.25) is 0 Å². The van der Waals surface area contributed by atoms with E-state index in [9.17, 15) is 18.8 Å². The number of nitrogens with zero attached hydrogens (tertiary/aromatic N) is 1. The molecule has 32 heavy (non-hydrogen) atoms. The smallest absolute Gasteiger partial charge is 0.276 e. The number of thiazole rings is 1. The van der Waals surface area contributed by atoms with Crippen LogP contribution in [0.3, 0.4) is 0 Å². The summed E-state index contributed by atoms with van der Waals surface area (Å²) in [4.78, 5) is 40.2. The molecule has 3 aromatic rings. The first kappa shape index (κ1) is 22.9. The number of aryl methyl sites for hydroxylation is 2. The van der Waals surface area contributed by atoms with Crippen molar-refractivity contribution in [3.05, 3.63) is 76.0 Å². The van der Waals surface area contributed by atoms with E-state index in [4.69, 9.17) is 4.74 Å². The predicted octanol–water partition coefficient (Wildman–Crippen LogP) is 2.92. The van der Waals surface area contributed by atoms with Gasteiger partial charge in [0.1, 0.15) is 11.6 Å². The van der Waals surface area contributed by atoms with Crippen molar-refractivity contribution in [1.29, 1.82) is 0 Å². The van der Waals surface area contributed by atoms with Gasteiger partial charge >= 0.3 is 0 Å². The van der Waals surface area contributed by atoms with Gasteiger partial charge < -0.3 is 4.74 Å². The summed E-state index contributed by atoms with van der Waals surface area (Å²) in [5.74, 6) is -1.74.